The van der Waals surface area contributed by atoms with Crippen LogP contribution in [0.4, 0.5) is 0 Å². The van der Waals surface area contributed by atoms with Gasteiger partial charge in [-0.2, -0.15) is 200 Å². The summed E-state index contributed by atoms with van der Waals surface area (Å²) in [6.07, 6.45) is 0. The fourth-order valence-electron chi connectivity index (χ4n) is 2.03. The van der Waals surface area contributed by atoms with Crippen LogP contribution in [0.25, 0.3) is 0 Å². The minimum atomic E-state index is 0. The molecule has 0 radical (unpaired) electrons. The van der Waals surface area contributed by atoms with Gasteiger partial charge in [0.2, 0.25) is 0 Å². The maximum atomic E-state index is 2.89. The van der Waals surface area contributed by atoms with E-state index in [9.17, 15) is 0 Å². The quantitative estimate of drug-likeness (QED) is 0.131. The summed E-state index contributed by atoms with van der Waals surface area (Å²) in [5, 5.41) is 0. The van der Waals surface area contributed by atoms with Crippen molar-refractivity contribution in [3.05, 3.63) is 212 Å². The Morgan fingerprint density at radius 2 is 0.444 bits per heavy atom. The molecule has 178 valence electrons. The SMILES string of the molecule is [Ru+6].[c-]1ccccc1.[c-]1ccccc1.[c-]1ccccc1.[c-]1ccccc1.[c-]1ccccc1.c1cc[cH-]c1. The third-order valence-corrected chi connectivity index (χ3v) is 3.59. The average Bonchev–Trinajstić information content (AvgIpc) is 3.60. The molecule has 0 atom stereocenters. The maximum absolute atomic E-state index is 2.89. The van der Waals surface area contributed by atoms with E-state index in [4.69, 9.17) is 0 Å². The first-order chi connectivity index (χ1) is 17.5. The second-order valence-electron chi connectivity index (χ2n) is 6.35. The summed E-state index contributed by atoms with van der Waals surface area (Å²) in [6, 6.07) is 72.5. The van der Waals surface area contributed by atoms with Crippen LogP contribution in [-0.4, -0.2) is 0 Å². The number of hydrogen-bond donors (Lipinski definition) is 0. The first-order valence-electron chi connectivity index (χ1n) is 11.2. The van der Waals surface area contributed by atoms with Gasteiger partial charge in [-0.05, 0) is 0 Å². The van der Waals surface area contributed by atoms with Crippen molar-refractivity contribution in [3.8, 4) is 0 Å². The Labute approximate surface area is 231 Å². The molecular formula is C35H30Ru. The van der Waals surface area contributed by atoms with Crippen LogP contribution in [0.15, 0.2) is 182 Å². The van der Waals surface area contributed by atoms with Crippen molar-refractivity contribution in [1.29, 1.82) is 0 Å². The molecule has 0 bridgehead atoms. The molecule has 0 nitrogen and oxygen atoms in total. The smallest absolute Gasteiger partial charge is 0.214 e. The van der Waals surface area contributed by atoms with E-state index in [2.05, 4.69) is 30.3 Å². The van der Waals surface area contributed by atoms with Gasteiger partial charge in [0.15, 0.2) is 0 Å². The molecule has 0 aliphatic heterocycles. The molecule has 6 aromatic rings. The zero-order valence-corrected chi connectivity index (χ0v) is 21.9. The molecule has 0 aliphatic carbocycles. The van der Waals surface area contributed by atoms with Gasteiger partial charge in [-0.15, -0.1) is 0 Å². The van der Waals surface area contributed by atoms with E-state index in [1.54, 1.807) is 0 Å². The molecule has 0 N–H and O–H groups in total. The van der Waals surface area contributed by atoms with Crippen LogP contribution < -0.4 is 0 Å². The minimum absolute atomic E-state index is 0. The van der Waals surface area contributed by atoms with Crippen molar-refractivity contribution in [2.75, 3.05) is 0 Å². The van der Waals surface area contributed by atoms with Crippen molar-refractivity contribution in [3.63, 3.8) is 0 Å². The van der Waals surface area contributed by atoms with Crippen LogP contribution in [0, 0.1) is 30.3 Å². The molecule has 36 heavy (non-hydrogen) atoms. The Morgan fingerprint density at radius 3 is 0.500 bits per heavy atom. The Bertz CT molecular complexity index is 714. The number of rotatable bonds is 0. The maximum Gasteiger partial charge on any atom is 6.00 e. The molecule has 0 aromatic heterocycles. The third kappa shape index (κ3) is 26.3. The first kappa shape index (κ1) is 32.1. The van der Waals surface area contributed by atoms with Crippen molar-refractivity contribution in [2.45, 2.75) is 0 Å². The minimum Gasteiger partial charge on any atom is -0.214 e. The van der Waals surface area contributed by atoms with E-state index in [0.29, 0.717) is 0 Å². The van der Waals surface area contributed by atoms with Gasteiger partial charge in [-0.1, -0.05) is 0 Å². The van der Waals surface area contributed by atoms with Crippen LogP contribution in [0.5, 0.6) is 0 Å². The summed E-state index contributed by atoms with van der Waals surface area (Å²) in [7, 11) is 0. The Hall–Kier alpha value is -3.93. The van der Waals surface area contributed by atoms with E-state index in [1.165, 1.54) is 0 Å². The zero-order valence-electron chi connectivity index (χ0n) is 20.2. The van der Waals surface area contributed by atoms with Gasteiger partial charge >= 0.3 is 19.5 Å². The van der Waals surface area contributed by atoms with Gasteiger partial charge in [0, 0.05) is 0 Å². The Balaban J connectivity index is 0.000000406. The summed E-state index contributed by atoms with van der Waals surface area (Å²) in [6.45, 7) is 0. The molecule has 0 saturated carbocycles. The molecule has 0 spiro atoms. The van der Waals surface area contributed by atoms with Gasteiger partial charge in [-0.25, -0.2) is 12.1 Å². The summed E-state index contributed by atoms with van der Waals surface area (Å²) in [5.41, 5.74) is 0. The fraction of sp³-hybridized carbons (Fsp3) is 0. The Morgan fingerprint density at radius 1 is 0.250 bits per heavy atom. The van der Waals surface area contributed by atoms with E-state index < -0.39 is 0 Å². The van der Waals surface area contributed by atoms with Crippen molar-refractivity contribution < 1.29 is 19.5 Å². The molecule has 0 heterocycles. The zero-order chi connectivity index (χ0) is 24.7. The summed E-state index contributed by atoms with van der Waals surface area (Å²) in [5.74, 6) is 0. The average molecular weight is 552 g/mol. The van der Waals surface area contributed by atoms with Gasteiger partial charge < -0.3 is 0 Å². The van der Waals surface area contributed by atoms with E-state index in [-0.39, 0.29) is 19.5 Å². The predicted octanol–water partition coefficient (Wildman–Crippen LogP) is 8.84. The van der Waals surface area contributed by atoms with Crippen LogP contribution in [0.1, 0.15) is 0 Å². The van der Waals surface area contributed by atoms with Crippen LogP contribution in [-0.2, 0) is 19.5 Å². The second kappa shape index (κ2) is 29.1. The van der Waals surface area contributed by atoms with Crippen molar-refractivity contribution in [2.24, 2.45) is 0 Å². The molecular weight excluding hydrogens is 521 g/mol. The van der Waals surface area contributed by atoms with Gasteiger partial charge in [0.1, 0.15) is 0 Å². The topological polar surface area (TPSA) is 0 Å². The molecule has 0 unspecified atom stereocenters. The second-order valence-corrected chi connectivity index (χ2v) is 6.35. The molecule has 0 saturated heterocycles. The third-order valence-electron chi connectivity index (χ3n) is 3.59. The molecule has 6 aromatic carbocycles. The van der Waals surface area contributed by atoms with Crippen molar-refractivity contribution >= 4 is 0 Å². The Kier molecular flexibility index (Phi) is 25.9. The fourth-order valence-corrected chi connectivity index (χ4v) is 2.03. The van der Waals surface area contributed by atoms with Crippen LogP contribution >= 0.6 is 0 Å². The van der Waals surface area contributed by atoms with E-state index in [1.807, 2.05) is 182 Å². The molecule has 0 fully saturated rings. The summed E-state index contributed by atoms with van der Waals surface area (Å²) < 4.78 is 0. The monoisotopic (exact) mass is 552 g/mol. The largest absolute Gasteiger partial charge is 6.00 e. The normalized spacial score (nSPS) is 7.78. The first-order valence-corrected chi connectivity index (χ1v) is 11.2. The summed E-state index contributed by atoms with van der Waals surface area (Å²) >= 11 is 0. The standard InChI is InChI=1S/5C6H5.C5H5.Ru/c5*1-2-4-6-5-3-1;1-2-4-5-3-1;/h5*1-5H;1-5H;/q6*-1;+6. The van der Waals surface area contributed by atoms with Crippen LogP contribution in [0.2, 0.25) is 0 Å². The van der Waals surface area contributed by atoms with E-state index >= 15 is 0 Å². The molecule has 1 heteroatoms. The number of hydrogen-bond acceptors (Lipinski definition) is 0. The summed E-state index contributed by atoms with van der Waals surface area (Å²) in [4.78, 5) is 0. The van der Waals surface area contributed by atoms with Gasteiger partial charge in [0.05, 0.1) is 0 Å². The molecule has 6 rings (SSSR count). The number of benzene rings is 5. The predicted molar refractivity (Wildman–Crippen MR) is 148 cm³/mol. The van der Waals surface area contributed by atoms with Gasteiger partial charge in [-0.3, -0.25) is 0 Å². The van der Waals surface area contributed by atoms with E-state index in [0.717, 1.165) is 0 Å². The van der Waals surface area contributed by atoms with Gasteiger partial charge in [0.25, 0.3) is 0 Å². The van der Waals surface area contributed by atoms with Crippen molar-refractivity contribution in [1.82, 2.24) is 0 Å². The molecule has 0 amide bonds. The van der Waals surface area contributed by atoms with Crippen LogP contribution in [0.3, 0.4) is 0 Å². The molecule has 0 aliphatic rings.